The lowest BCUT2D eigenvalue weighted by atomic mass is 9.81. The lowest BCUT2D eigenvalue weighted by Crippen LogP contribution is -2.37. The van der Waals surface area contributed by atoms with Crippen LogP contribution >= 0.6 is 11.6 Å². The second kappa shape index (κ2) is 6.43. The molecule has 1 N–H and O–H groups in total. The molecule has 1 aliphatic heterocycles. The number of carbonyl (C=O) groups is 2. The van der Waals surface area contributed by atoms with Crippen molar-refractivity contribution < 1.29 is 14.7 Å². The monoisotopic (exact) mass is 373 g/mol. The van der Waals surface area contributed by atoms with E-state index in [4.69, 9.17) is 11.6 Å². The molecular formula is C19H20ClN3O3. The third-order valence-corrected chi connectivity index (χ3v) is 6.12. The Morgan fingerprint density at radius 2 is 2.15 bits per heavy atom. The zero-order valence-corrected chi connectivity index (χ0v) is 15.0. The van der Waals surface area contributed by atoms with Crippen LogP contribution in [0.4, 0.5) is 0 Å². The summed E-state index contributed by atoms with van der Waals surface area (Å²) in [6.45, 7) is 1.29. The predicted octanol–water partition coefficient (Wildman–Crippen LogP) is 2.91. The number of nitrogens with zero attached hydrogens (tertiary/aromatic N) is 3. The van der Waals surface area contributed by atoms with E-state index in [1.54, 1.807) is 22.0 Å². The standard InChI is InChI=1S/C19H20ClN3O3/c20-16-6-2-1-4-13(16)9-23-10-14(8-21-23)17(24)22-11-15-5-3-7-19(15,12-22)18(25)26/h1-2,4,6,8,10,15H,3,5,7,9,11-12H2,(H,25,26)/t15-,19+/m0/s1. The van der Waals surface area contributed by atoms with Crippen molar-refractivity contribution in [2.75, 3.05) is 13.1 Å². The van der Waals surface area contributed by atoms with Gasteiger partial charge in [-0.15, -0.1) is 0 Å². The number of aromatic nitrogens is 2. The molecule has 0 spiro atoms. The molecule has 6 nitrogen and oxygen atoms in total. The summed E-state index contributed by atoms with van der Waals surface area (Å²) >= 11 is 6.17. The molecule has 0 radical (unpaired) electrons. The molecule has 136 valence electrons. The smallest absolute Gasteiger partial charge is 0.311 e. The average Bonchev–Trinajstić information content (AvgIpc) is 3.30. The molecule has 1 aromatic carbocycles. The molecule has 1 amide bonds. The maximum atomic E-state index is 12.8. The summed E-state index contributed by atoms with van der Waals surface area (Å²) in [7, 11) is 0. The molecule has 2 heterocycles. The van der Waals surface area contributed by atoms with Crippen LogP contribution in [0.5, 0.6) is 0 Å². The number of fused-ring (bicyclic) bond motifs is 1. The van der Waals surface area contributed by atoms with Crippen LogP contribution in [0.15, 0.2) is 36.7 Å². The number of carboxylic acids is 1. The maximum Gasteiger partial charge on any atom is 0.311 e. The van der Waals surface area contributed by atoms with Crippen molar-refractivity contribution in [3.8, 4) is 0 Å². The van der Waals surface area contributed by atoms with Crippen LogP contribution in [0, 0.1) is 11.3 Å². The minimum Gasteiger partial charge on any atom is -0.481 e. The van der Waals surface area contributed by atoms with E-state index >= 15 is 0 Å². The summed E-state index contributed by atoms with van der Waals surface area (Å²) in [6.07, 6.45) is 5.70. The Kier molecular flexibility index (Phi) is 4.23. The zero-order valence-electron chi connectivity index (χ0n) is 14.3. The Morgan fingerprint density at radius 3 is 2.88 bits per heavy atom. The first kappa shape index (κ1) is 17.1. The highest BCUT2D eigenvalue weighted by molar-refractivity contribution is 6.31. The van der Waals surface area contributed by atoms with Crippen molar-refractivity contribution in [2.45, 2.75) is 25.8 Å². The molecule has 1 saturated carbocycles. The molecule has 2 aliphatic rings. The van der Waals surface area contributed by atoms with Crippen molar-refractivity contribution in [1.29, 1.82) is 0 Å². The highest BCUT2D eigenvalue weighted by atomic mass is 35.5. The number of carboxylic acid groups (broad SMARTS) is 1. The van der Waals surface area contributed by atoms with Crippen LogP contribution in [0.1, 0.15) is 35.2 Å². The van der Waals surface area contributed by atoms with Crippen LogP contribution in [0.3, 0.4) is 0 Å². The van der Waals surface area contributed by atoms with E-state index in [9.17, 15) is 14.7 Å². The maximum absolute atomic E-state index is 12.8. The van der Waals surface area contributed by atoms with Gasteiger partial charge in [-0.3, -0.25) is 14.3 Å². The number of rotatable bonds is 4. The zero-order chi connectivity index (χ0) is 18.3. The van der Waals surface area contributed by atoms with Crippen molar-refractivity contribution in [3.05, 3.63) is 52.8 Å². The molecule has 1 aromatic heterocycles. The summed E-state index contributed by atoms with van der Waals surface area (Å²) in [5.41, 5.74) is 0.651. The molecule has 1 saturated heterocycles. The van der Waals surface area contributed by atoms with E-state index in [1.165, 1.54) is 0 Å². The summed E-state index contributed by atoms with van der Waals surface area (Å²) in [5.74, 6) is -0.864. The lowest BCUT2D eigenvalue weighted by molar-refractivity contribution is -0.149. The number of aliphatic carboxylic acids is 1. The Hall–Kier alpha value is -2.34. The number of hydrogen-bond donors (Lipinski definition) is 1. The average molecular weight is 374 g/mol. The molecular weight excluding hydrogens is 354 g/mol. The molecule has 0 unspecified atom stereocenters. The first-order chi connectivity index (χ1) is 12.5. The second-order valence-corrected chi connectivity index (χ2v) is 7.66. The van der Waals surface area contributed by atoms with Gasteiger partial charge < -0.3 is 10.0 Å². The fourth-order valence-corrected chi connectivity index (χ4v) is 4.53. The molecule has 2 atom stereocenters. The fraction of sp³-hybridized carbons (Fsp3) is 0.421. The van der Waals surface area contributed by atoms with Crippen LogP contribution in [-0.2, 0) is 11.3 Å². The van der Waals surface area contributed by atoms with E-state index in [2.05, 4.69) is 5.10 Å². The summed E-state index contributed by atoms with van der Waals surface area (Å²) in [6, 6.07) is 7.52. The normalized spacial score (nSPS) is 24.7. The number of halogens is 1. The van der Waals surface area contributed by atoms with Crippen molar-refractivity contribution in [2.24, 2.45) is 11.3 Å². The van der Waals surface area contributed by atoms with Gasteiger partial charge in [0.05, 0.1) is 23.7 Å². The highest BCUT2D eigenvalue weighted by Crippen LogP contribution is 2.49. The third kappa shape index (κ3) is 2.78. The van der Waals surface area contributed by atoms with Gasteiger partial charge in [0.1, 0.15) is 0 Å². The van der Waals surface area contributed by atoms with Crippen LogP contribution in [0.25, 0.3) is 0 Å². The van der Waals surface area contributed by atoms with Crippen molar-refractivity contribution >= 4 is 23.5 Å². The van der Waals surface area contributed by atoms with Gasteiger partial charge in [0.2, 0.25) is 0 Å². The number of likely N-dealkylation sites (tertiary alicyclic amines) is 1. The quantitative estimate of drug-likeness (QED) is 0.894. The Labute approximate surface area is 156 Å². The first-order valence-corrected chi connectivity index (χ1v) is 9.16. The van der Waals surface area contributed by atoms with Gasteiger partial charge in [-0.2, -0.15) is 5.10 Å². The summed E-state index contributed by atoms with van der Waals surface area (Å²) in [5, 5.41) is 14.6. The number of hydrogen-bond acceptors (Lipinski definition) is 3. The highest BCUT2D eigenvalue weighted by Gasteiger charge is 2.55. The molecule has 2 fully saturated rings. The van der Waals surface area contributed by atoms with Crippen LogP contribution in [0.2, 0.25) is 5.02 Å². The molecule has 1 aliphatic carbocycles. The number of benzene rings is 1. The molecule has 0 bridgehead atoms. The van der Waals surface area contributed by atoms with Gasteiger partial charge in [0, 0.05) is 24.3 Å². The minimum atomic E-state index is -0.773. The van der Waals surface area contributed by atoms with Gasteiger partial charge in [-0.05, 0) is 30.4 Å². The molecule has 7 heteroatoms. The van der Waals surface area contributed by atoms with Crippen molar-refractivity contribution in [1.82, 2.24) is 14.7 Å². The van der Waals surface area contributed by atoms with E-state index in [0.717, 1.165) is 18.4 Å². The molecule has 2 aromatic rings. The third-order valence-electron chi connectivity index (χ3n) is 5.75. The molecule has 26 heavy (non-hydrogen) atoms. The minimum absolute atomic E-state index is 0.0575. The van der Waals surface area contributed by atoms with Crippen LogP contribution < -0.4 is 0 Å². The van der Waals surface area contributed by atoms with Crippen molar-refractivity contribution in [3.63, 3.8) is 0 Å². The molecule has 4 rings (SSSR count). The van der Waals surface area contributed by atoms with E-state index < -0.39 is 11.4 Å². The Balaban J connectivity index is 1.49. The topological polar surface area (TPSA) is 75.4 Å². The summed E-state index contributed by atoms with van der Waals surface area (Å²) in [4.78, 5) is 26.3. The number of amides is 1. The van der Waals surface area contributed by atoms with Gasteiger partial charge in [-0.1, -0.05) is 36.2 Å². The second-order valence-electron chi connectivity index (χ2n) is 7.25. The van der Waals surface area contributed by atoms with Gasteiger partial charge in [0.25, 0.3) is 5.91 Å². The fourth-order valence-electron chi connectivity index (χ4n) is 4.34. The van der Waals surface area contributed by atoms with Gasteiger partial charge in [0.15, 0.2) is 0 Å². The lowest BCUT2D eigenvalue weighted by Gasteiger charge is -2.23. The van der Waals surface area contributed by atoms with Gasteiger partial charge >= 0.3 is 5.97 Å². The van der Waals surface area contributed by atoms with E-state index in [1.807, 2.05) is 24.3 Å². The van der Waals surface area contributed by atoms with Gasteiger partial charge in [-0.25, -0.2) is 0 Å². The van der Waals surface area contributed by atoms with E-state index in [0.29, 0.717) is 36.6 Å². The number of carbonyl (C=O) groups excluding carboxylic acids is 1. The SMILES string of the molecule is O=C(c1cnn(Cc2ccccc2Cl)c1)N1C[C@@H]2CCC[C@@]2(C(=O)O)C1. The summed E-state index contributed by atoms with van der Waals surface area (Å²) < 4.78 is 1.68. The first-order valence-electron chi connectivity index (χ1n) is 8.78. The predicted molar refractivity (Wildman–Crippen MR) is 96.1 cm³/mol. The van der Waals surface area contributed by atoms with Crippen LogP contribution in [-0.4, -0.2) is 44.8 Å². The van der Waals surface area contributed by atoms with E-state index in [-0.39, 0.29) is 11.8 Å². The Morgan fingerprint density at radius 1 is 1.35 bits per heavy atom. The largest absolute Gasteiger partial charge is 0.481 e. The Bertz CT molecular complexity index is 865.